The van der Waals surface area contributed by atoms with Gasteiger partial charge in [0, 0.05) is 22.5 Å². The fraction of sp³-hybridized carbons (Fsp3) is 0.208. The zero-order chi connectivity index (χ0) is 24.1. The van der Waals surface area contributed by atoms with Gasteiger partial charge < -0.3 is 0 Å². The van der Waals surface area contributed by atoms with E-state index in [0.29, 0.717) is 16.6 Å². The molecule has 3 aromatic rings. The van der Waals surface area contributed by atoms with Gasteiger partial charge in [-0.2, -0.15) is 9.82 Å². The van der Waals surface area contributed by atoms with E-state index >= 15 is 0 Å². The van der Waals surface area contributed by atoms with Gasteiger partial charge in [-0.1, -0.05) is 65.7 Å². The predicted molar refractivity (Wildman–Crippen MR) is 133 cm³/mol. The molecular formula is C24H23Cl2FN4O2S. The first-order chi connectivity index (χ1) is 16.4. The molecule has 2 atom stereocenters. The summed E-state index contributed by atoms with van der Waals surface area (Å²) in [6, 6.07) is 23.0. The molecule has 1 aliphatic heterocycles. The van der Waals surface area contributed by atoms with Gasteiger partial charge in [-0.25, -0.2) is 12.8 Å². The second-order valence-electron chi connectivity index (χ2n) is 7.70. The van der Waals surface area contributed by atoms with Gasteiger partial charge in [0.25, 0.3) is 0 Å². The van der Waals surface area contributed by atoms with Gasteiger partial charge >= 0.3 is 0 Å². The van der Waals surface area contributed by atoms with Crippen LogP contribution in [0.5, 0.6) is 0 Å². The van der Waals surface area contributed by atoms with E-state index in [1.54, 1.807) is 17.1 Å². The molecule has 4 rings (SSSR count). The Hall–Kier alpha value is -2.49. The largest absolute Gasteiger partial charge is 0.280 e. The molecule has 0 fully saturated rings. The van der Waals surface area contributed by atoms with Crippen LogP contribution in [0, 0.1) is 0 Å². The quantitative estimate of drug-likeness (QED) is 0.403. The van der Waals surface area contributed by atoms with Crippen molar-refractivity contribution in [3.63, 3.8) is 0 Å². The van der Waals surface area contributed by atoms with Crippen LogP contribution >= 0.6 is 23.2 Å². The molecule has 178 valence electrons. The second-order valence-corrected chi connectivity index (χ2v) is 10.3. The number of hydrogen-bond donors (Lipinski definition) is 2. The summed E-state index contributed by atoms with van der Waals surface area (Å²) in [6.07, 6.45) is -0.965. The third-order valence-electron chi connectivity index (χ3n) is 5.40. The first-order valence-electron chi connectivity index (χ1n) is 10.6. The highest BCUT2D eigenvalue weighted by Gasteiger charge is 2.34. The molecule has 34 heavy (non-hydrogen) atoms. The van der Waals surface area contributed by atoms with Crippen LogP contribution in [-0.4, -0.2) is 45.2 Å². The highest BCUT2D eigenvalue weighted by molar-refractivity contribution is 7.89. The van der Waals surface area contributed by atoms with Crippen molar-refractivity contribution in [2.24, 2.45) is 5.10 Å². The Balaban J connectivity index is 1.67. The van der Waals surface area contributed by atoms with E-state index in [9.17, 15) is 12.8 Å². The molecule has 0 aliphatic carbocycles. The van der Waals surface area contributed by atoms with E-state index in [2.05, 4.69) is 10.0 Å². The Morgan fingerprint density at radius 2 is 1.59 bits per heavy atom. The van der Waals surface area contributed by atoms with Crippen LogP contribution in [-0.2, 0) is 10.0 Å². The van der Waals surface area contributed by atoms with Crippen molar-refractivity contribution in [2.45, 2.75) is 17.1 Å². The summed E-state index contributed by atoms with van der Waals surface area (Å²) >= 11 is 12.0. The number of hydrazone groups is 1. The molecule has 0 aromatic heterocycles. The monoisotopic (exact) mass is 520 g/mol. The molecule has 0 spiro atoms. The Bertz CT molecular complexity index is 1240. The summed E-state index contributed by atoms with van der Waals surface area (Å²) in [4.78, 5) is 0.0460. The number of benzene rings is 3. The summed E-state index contributed by atoms with van der Waals surface area (Å²) in [5, 5.41) is 10.3. The molecule has 1 heterocycles. The van der Waals surface area contributed by atoms with Crippen molar-refractivity contribution < 1.29 is 12.8 Å². The molecule has 1 aliphatic rings. The lowest BCUT2D eigenvalue weighted by atomic mass is 9.91. The number of sulfonamides is 1. The molecule has 3 aromatic carbocycles. The number of hydrogen-bond acceptors (Lipinski definition) is 5. The first kappa shape index (κ1) is 24.6. The fourth-order valence-electron chi connectivity index (χ4n) is 3.74. The number of alkyl halides is 1. The van der Waals surface area contributed by atoms with Crippen molar-refractivity contribution in [1.82, 2.24) is 15.0 Å². The number of rotatable bonds is 9. The third-order valence-corrected chi connectivity index (χ3v) is 7.33. The van der Waals surface area contributed by atoms with E-state index in [4.69, 9.17) is 28.3 Å². The van der Waals surface area contributed by atoms with Crippen LogP contribution in [0.15, 0.2) is 88.9 Å². The fourth-order valence-corrected chi connectivity index (χ4v) is 5.12. The van der Waals surface area contributed by atoms with E-state index in [1.165, 1.54) is 24.3 Å². The SMILES string of the molecule is O=S(=O)(NC(NCCF)N1CC(c2ccccc2)C(c2ccc(Cl)cc2)=N1)c1ccc(Cl)cc1. The highest BCUT2D eigenvalue weighted by atomic mass is 35.5. The highest BCUT2D eigenvalue weighted by Crippen LogP contribution is 2.30. The Labute approximate surface area is 208 Å². The number of halogens is 3. The average Bonchev–Trinajstić information content (AvgIpc) is 3.28. The van der Waals surface area contributed by atoms with Crippen LogP contribution in [0.3, 0.4) is 0 Å². The maximum absolute atomic E-state index is 13.0. The van der Waals surface area contributed by atoms with Crippen molar-refractivity contribution in [3.8, 4) is 0 Å². The summed E-state index contributed by atoms with van der Waals surface area (Å²) in [7, 11) is -3.94. The molecule has 2 unspecified atom stereocenters. The third kappa shape index (κ3) is 5.76. The summed E-state index contributed by atoms with van der Waals surface area (Å²) in [5.41, 5.74) is 2.66. The molecule has 0 bridgehead atoms. The molecule has 10 heteroatoms. The Kier molecular flexibility index (Phi) is 7.85. The van der Waals surface area contributed by atoms with Gasteiger partial charge in [0.15, 0.2) is 6.29 Å². The first-order valence-corrected chi connectivity index (χ1v) is 12.8. The minimum atomic E-state index is -3.94. The van der Waals surface area contributed by atoms with Crippen LogP contribution in [0.1, 0.15) is 17.0 Å². The number of nitrogens with one attached hydrogen (secondary N) is 2. The molecule has 6 nitrogen and oxygen atoms in total. The smallest absolute Gasteiger partial charge is 0.243 e. The Morgan fingerprint density at radius 3 is 2.21 bits per heavy atom. The molecule has 0 saturated carbocycles. The summed E-state index contributed by atoms with van der Waals surface area (Å²) < 4.78 is 41.7. The van der Waals surface area contributed by atoms with Gasteiger partial charge in [0.05, 0.1) is 17.2 Å². The standard InChI is InChI=1S/C24H23Cl2FN4O2S/c25-19-8-6-18(7-9-19)23-22(17-4-2-1-3-5-17)16-31(29-23)24(28-15-14-27)30-34(32,33)21-12-10-20(26)11-13-21/h1-13,22,24,28,30H,14-16H2. The van der Waals surface area contributed by atoms with Crippen molar-refractivity contribution in [2.75, 3.05) is 19.8 Å². The van der Waals surface area contributed by atoms with Gasteiger partial charge in [-0.3, -0.25) is 10.3 Å². The Morgan fingerprint density at radius 1 is 0.971 bits per heavy atom. The van der Waals surface area contributed by atoms with E-state index in [-0.39, 0.29) is 17.4 Å². The molecule has 0 radical (unpaired) electrons. The van der Waals surface area contributed by atoms with Crippen LogP contribution in [0.2, 0.25) is 10.0 Å². The summed E-state index contributed by atoms with van der Waals surface area (Å²) in [6.45, 7) is -0.329. The predicted octanol–water partition coefficient (Wildman–Crippen LogP) is 4.62. The molecule has 0 saturated heterocycles. The maximum atomic E-state index is 13.0. The van der Waals surface area contributed by atoms with Crippen molar-refractivity contribution in [3.05, 3.63) is 100 Å². The van der Waals surface area contributed by atoms with Gasteiger partial charge in [-0.05, 0) is 47.5 Å². The minimum Gasteiger partial charge on any atom is -0.280 e. The minimum absolute atomic E-state index is 0.0460. The average molecular weight is 521 g/mol. The maximum Gasteiger partial charge on any atom is 0.243 e. The van der Waals surface area contributed by atoms with Crippen LogP contribution < -0.4 is 10.0 Å². The lowest BCUT2D eigenvalue weighted by molar-refractivity contribution is 0.170. The lowest BCUT2D eigenvalue weighted by Crippen LogP contribution is -2.54. The zero-order valence-electron chi connectivity index (χ0n) is 18.0. The van der Waals surface area contributed by atoms with E-state index in [1.807, 2.05) is 42.5 Å². The van der Waals surface area contributed by atoms with Crippen LogP contribution in [0.4, 0.5) is 4.39 Å². The van der Waals surface area contributed by atoms with Crippen molar-refractivity contribution >= 4 is 38.9 Å². The lowest BCUT2D eigenvalue weighted by Gasteiger charge is -2.28. The topological polar surface area (TPSA) is 73.8 Å². The molecule has 0 amide bonds. The van der Waals surface area contributed by atoms with E-state index < -0.39 is 23.0 Å². The molecular weight excluding hydrogens is 498 g/mol. The van der Waals surface area contributed by atoms with Gasteiger partial charge in [-0.15, -0.1) is 0 Å². The normalized spacial score (nSPS) is 17.0. The molecule has 2 N–H and O–H groups in total. The number of nitrogens with zero attached hydrogens (tertiary/aromatic N) is 2. The van der Waals surface area contributed by atoms with Gasteiger partial charge in [0.1, 0.15) is 6.67 Å². The van der Waals surface area contributed by atoms with Gasteiger partial charge in [0.2, 0.25) is 10.0 Å². The summed E-state index contributed by atoms with van der Waals surface area (Å²) in [5.74, 6) is -0.128. The zero-order valence-corrected chi connectivity index (χ0v) is 20.4. The van der Waals surface area contributed by atoms with E-state index in [0.717, 1.165) is 16.8 Å². The second kappa shape index (κ2) is 10.8. The van der Waals surface area contributed by atoms with Crippen LogP contribution in [0.25, 0.3) is 0 Å². The van der Waals surface area contributed by atoms with Crippen molar-refractivity contribution in [1.29, 1.82) is 0 Å².